The highest BCUT2D eigenvalue weighted by Gasteiger charge is 2.01. The lowest BCUT2D eigenvalue weighted by atomic mass is 10.2. The number of para-hydroxylation sites is 1. The van der Waals surface area contributed by atoms with Gasteiger partial charge in [0.15, 0.2) is 0 Å². The number of halogens is 1. The largest absolute Gasteiger partial charge is 0.489 e. The Morgan fingerprint density at radius 2 is 1.62 bits per heavy atom. The Kier molecular flexibility index (Phi) is 5.02. The predicted octanol–water partition coefficient (Wildman–Crippen LogP) is 5.46. The Balaban J connectivity index is 1.63. The first-order valence-electron chi connectivity index (χ1n) is 7.78. The van der Waals surface area contributed by atoms with Crippen LogP contribution in [0.2, 0.25) is 0 Å². The summed E-state index contributed by atoms with van der Waals surface area (Å²) in [6.45, 7) is 2.25. The maximum absolute atomic E-state index is 13.6. The van der Waals surface area contributed by atoms with Crippen LogP contribution in [0.15, 0.2) is 77.8 Å². The van der Waals surface area contributed by atoms with Crippen molar-refractivity contribution in [3.8, 4) is 5.75 Å². The van der Waals surface area contributed by atoms with Gasteiger partial charge >= 0.3 is 0 Å². The third kappa shape index (κ3) is 4.07. The first kappa shape index (κ1) is 15.9. The summed E-state index contributed by atoms with van der Waals surface area (Å²) in [5.41, 5.74) is 3.62. The van der Waals surface area contributed by atoms with Crippen LogP contribution in [0.4, 0.5) is 10.1 Å². The minimum atomic E-state index is -0.250. The van der Waals surface area contributed by atoms with Crippen molar-refractivity contribution in [2.45, 2.75) is 13.5 Å². The van der Waals surface area contributed by atoms with Crippen LogP contribution in [0.5, 0.6) is 5.75 Å². The van der Waals surface area contributed by atoms with Crippen molar-refractivity contribution < 1.29 is 9.13 Å². The van der Waals surface area contributed by atoms with E-state index in [4.69, 9.17) is 4.74 Å². The topological polar surface area (TPSA) is 21.6 Å². The van der Waals surface area contributed by atoms with Crippen molar-refractivity contribution in [3.63, 3.8) is 0 Å². The van der Waals surface area contributed by atoms with E-state index in [0.29, 0.717) is 11.3 Å². The van der Waals surface area contributed by atoms with Gasteiger partial charge in [0.1, 0.15) is 18.2 Å². The van der Waals surface area contributed by atoms with Crippen LogP contribution >= 0.6 is 0 Å². The molecule has 120 valence electrons. The van der Waals surface area contributed by atoms with Gasteiger partial charge in [0, 0.05) is 11.8 Å². The van der Waals surface area contributed by atoms with E-state index in [1.54, 1.807) is 18.2 Å². The molecule has 0 bridgehead atoms. The molecule has 0 N–H and O–H groups in total. The van der Waals surface area contributed by atoms with Gasteiger partial charge in [-0.3, -0.25) is 4.99 Å². The monoisotopic (exact) mass is 319 g/mol. The molecule has 3 heteroatoms. The van der Waals surface area contributed by atoms with Crippen LogP contribution in [0.3, 0.4) is 0 Å². The standard InChI is InChI=1S/C21H18FNO/c1-16-6-2-5-9-21(16)23-14-17-10-12-19(13-11-17)24-15-18-7-3-4-8-20(18)22/h2-14H,15H2,1H3. The van der Waals surface area contributed by atoms with E-state index in [2.05, 4.69) is 4.99 Å². The Morgan fingerprint density at radius 3 is 2.38 bits per heavy atom. The van der Waals surface area contributed by atoms with E-state index in [1.165, 1.54) is 6.07 Å². The second-order valence-electron chi connectivity index (χ2n) is 5.49. The lowest BCUT2D eigenvalue weighted by molar-refractivity contribution is 0.300. The van der Waals surface area contributed by atoms with Crippen molar-refractivity contribution in [1.29, 1.82) is 0 Å². The molecule has 0 spiro atoms. The molecular formula is C21H18FNO. The summed E-state index contributed by atoms with van der Waals surface area (Å²) in [5, 5.41) is 0. The molecule has 0 aliphatic rings. The van der Waals surface area contributed by atoms with Gasteiger partial charge in [0.25, 0.3) is 0 Å². The van der Waals surface area contributed by atoms with Gasteiger partial charge < -0.3 is 4.74 Å². The van der Waals surface area contributed by atoms with Gasteiger partial charge in [-0.1, -0.05) is 36.4 Å². The molecule has 0 radical (unpaired) electrons. The molecular weight excluding hydrogens is 301 g/mol. The molecule has 24 heavy (non-hydrogen) atoms. The van der Waals surface area contributed by atoms with Crippen molar-refractivity contribution in [3.05, 3.63) is 95.3 Å². The predicted molar refractivity (Wildman–Crippen MR) is 95.6 cm³/mol. The summed E-state index contributed by atoms with van der Waals surface area (Å²) in [6.07, 6.45) is 1.82. The summed E-state index contributed by atoms with van der Waals surface area (Å²) in [5.74, 6) is 0.450. The molecule has 3 rings (SSSR count). The Morgan fingerprint density at radius 1 is 0.917 bits per heavy atom. The van der Waals surface area contributed by atoms with Crippen molar-refractivity contribution in [2.75, 3.05) is 0 Å². The zero-order valence-electron chi connectivity index (χ0n) is 13.4. The summed E-state index contributed by atoms with van der Waals surface area (Å²) in [7, 11) is 0. The van der Waals surface area contributed by atoms with Gasteiger partial charge in [0.05, 0.1) is 5.69 Å². The van der Waals surface area contributed by atoms with E-state index in [-0.39, 0.29) is 12.4 Å². The molecule has 0 aliphatic heterocycles. The van der Waals surface area contributed by atoms with Crippen molar-refractivity contribution in [1.82, 2.24) is 0 Å². The van der Waals surface area contributed by atoms with E-state index in [1.807, 2.05) is 61.7 Å². The van der Waals surface area contributed by atoms with Crippen molar-refractivity contribution in [2.24, 2.45) is 4.99 Å². The number of aliphatic imine (C=N–C) groups is 1. The van der Waals surface area contributed by atoms with E-state index >= 15 is 0 Å². The van der Waals surface area contributed by atoms with E-state index in [0.717, 1.165) is 16.8 Å². The molecule has 0 aliphatic carbocycles. The number of nitrogens with zero attached hydrogens (tertiary/aromatic N) is 1. The highest BCUT2D eigenvalue weighted by Crippen LogP contribution is 2.18. The number of hydrogen-bond acceptors (Lipinski definition) is 2. The number of benzene rings is 3. The molecule has 0 fully saturated rings. The van der Waals surface area contributed by atoms with Gasteiger partial charge in [-0.05, 0) is 54.4 Å². The normalized spacial score (nSPS) is 10.9. The second kappa shape index (κ2) is 7.55. The summed E-state index contributed by atoms with van der Waals surface area (Å²) < 4.78 is 19.2. The van der Waals surface area contributed by atoms with Crippen LogP contribution in [0.1, 0.15) is 16.7 Å². The third-order valence-corrected chi connectivity index (χ3v) is 3.70. The molecule has 0 unspecified atom stereocenters. The fraction of sp³-hybridized carbons (Fsp3) is 0.0952. The first-order valence-corrected chi connectivity index (χ1v) is 7.78. The maximum atomic E-state index is 13.6. The average Bonchev–Trinajstić information content (AvgIpc) is 2.61. The van der Waals surface area contributed by atoms with Crippen LogP contribution < -0.4 is 4.74 Å². The zero-order valence-corrected chi connectivity index (χ0v) is 13.4. The Labute approximate surface area is 141 Å². The average molecular weight is 319 g/mol. The minimum Gasteiger partial charge on any atom is -0.489 e. The number of hydrogen-bond donors (Lipinski definition) is 0. The molecule has 0 aromatic heterocycles. The van der Waals surface area contributed by atoms with Gasteiger partial charge in [-0.2, -0.15) is 0 Å². The summed E-state index contributed by atoms with van der Waals surface area (Å²) in [4.78, 5) is 4.50. The molecule has 0 atom stereocenters. The molecule has 0 saturated carbocycles. The van der Waals surface area contributed by atoms with Crippen LogP contribution in [-0.4, -0.2) is 6.21 Å². The van der Waals surface area contributed by atoms with Gasteiger partial charge in [0.2, 0.25) is 0 Å². The Bertz CT molecular complexity index is 840. The molecule has 0 saturated heterocycles. The SMILES string of the molecule is Cc1ccccc1N=Cc1ccc(OCc2ccccc2F)cc1. The third-order valence-electron chi connectivity index (χ3n) is 3.70. The molecule has 0 amide bonds. The molecule has 2 nitrogen and oxygen atoms in total. The van der Waals surface area contributed by atoms with Crippen LogP contribution in [0, 0.1) is 12.7 Å². The Hall–Kier alpha value is -2.94. The maximum Gasteiger partial charge on any atom is 0.129 e. The fourth-order valence-corrected chi connectivity index (χ4v) is 2.28. The number of rotatable bonds is 5. The summed E-state index contributed by atoms with van der Waals surface area (Å²) in [6, 6.07) is 22.2. The highest BCUT2D eigenvalue weighted by atomic mass is 19.1. The van der Waals surface area contributed by atoms with E-state index < -0.39 is 0 Å². The first-order chi connectivity index (χ1) is 11.7. The lowest BCUT2D eigenvalue weighted by Gasteiger charge is -2.07. The van der Waals surface area contributed by atoms with E-state index in [9.17, 15) is 4.39 Å². The highest BCUT2D eigenvalue weighted by molar-refractivity contribution is 5.82. The minimum absolute atomic E-state index is 0.212. The summed E-state index contributed by atoms with van der Waals surface area (Å²) >= 11 is 0. The zero-order chi connectivity index (χ0) is 16.8. The van der Waals surface area contributed by atoms with Crippen LogP contribution in [0.25, 0.3) is 0 Å². The van der Waals surface area contributed by atoms with Gasteiger partial charge in [-0.25, -0.2) is 4.39 Å². The van der Waals surface area contributed by atoms with Crippen molar-refractivity contribution >= 4 is 11.9 Å². The number of ether oxygens (including phenoxy) is 1. The quantitative estimate of drug-likeness (QED) is 0.572. The smallest absolute Gasteiger partial charge is 0.129 e. The molecule has 3 aromatic rings. The lowest BCUT2D eigenvalue weighted by Crippen LogP contribution is -1.98. The molecule has 0 heterocycles. The molecule has 3 aromatic carbocycles. The number of aryl methyl sites for hydroxylation is 1. The fourth-order valence-electron chi connectivity index (χ4n) is 2.28. The van der Waals surface area contributed by atoms with Gasteiger partial charge in [-0.15, -0.1) is 0 Å². The van der Waals surface area contributed by atoms with Crippen LogP contribution in [-0.2, 0) is 6.61 Å². The second-order valence-corrected chi connectivity index (χ2v) is 5.49.